The average Bonchev–Trinajstić information content (AvgIpc) is 2.47. The third-order valence-electron chi connectivity index (χ3n) is 3.79. The number of nitrogens with zero attached hydrogens (tertiary/aromatic N) is 3. The molecule has 1 saturated heterocycles. The van der Waals surface area contributed by atoms with E-state index in [1.807, 2.05) is 18.7 Å². The van der Waals surface area contributed by atoms with Crippen LogP contribution < -0.4 is 0 Å². The second kappa shape index (κ2) is 6.35. The zero-order chi connectivity index (χ0) is 15.6. The maximum atomic E-state index is 12.5. The SMILES string of the molecule is CC(C)(C#N)N1CCN(C(=O)c2ccc(Cl)cc2Br)CC1. The summed E-state index contributed by atoms with van der Waals surface area (Å²) >= 11 is 9.28. The quantitative estimate of drug-likeness (QED) is 0.803. The van der Waals surface area contributed by atoms with E-state index in [0.29, 0.717) is 41.2 Å². The third kappa shape index (κ3) is 3.57. The van der Waals surface area contributed by atoms with Crippen LogP contribution in [0.2, 0.25) is 5.02 Å². The Kier molecular flexibility index (Phi) is 4.92. The van der Waals surface area contributed by atoms with Crippen molar-refractivity contribution in [1.29, 1.82) is 5.26 Å². The minimum Gasteiger partial charge on any atom is -0.336 e. The van der Waals surface area contributed by atoms with Crippen LogP contribution in [0.1, 0.15) is 24.2 Å². The summed E-state index contributed by atoms with van der Waals surface area (Å²) in [5.74, 6) is -0.00652. The summed E-state index contributed by atoms with van der Waals surface area (Å²) in [6, 6.07) is 7.48. The molecule has 1 aliphatic rings. The van der Waals surface area contributed by atoms with Crippen molar-refractivity contribution in [3.8, 4) is 6.07 Å². The van der Waals surface area contributed by atoms with Gasteiger partial charge in [-0.3, -0.25) is 9.69 Å². The molecule has 112 valence electrons. The van der Waals surface area contributed by atoms with E-state index in [4.69, 9.17) is 11.6 Å². The van der Waals surface area contributed by atoms with Gasteiger partial charge >= 0.3 is 0 Å². The predicted octanol–water partition coefficient (Wildman–Crippen LogP) is 3.16. The molecule has 6 heteroatoms. The van der Waals surface area contributed by atoms with Gasteiger partial charge in [-0.15, -0.1) is 0 Å². The zero-order valence-electron chi connectivity index (χ0n) is 12.1. The van der Waals surface area contributed by atoms with Crippen molar-refractivity contribution in [3.05, 3.63) is 33.3 Å². The molecule has 1 heterocycles. The number of amides is 1. The fraction of sp³-hybridized carbons (Fsp3) is 0.467. The topological polar surface area (TPSA) is 47.3 Å². The first kappa shape index (κ1) is 16.3. The Morgan fingerprint density at radius 3 is 2.48 bits per heavy atom. The molecule has 0 bridgehead atoms. The first-order chi connectivity index (χ1) is 9.85. The minimum atomic E-state index is -0.490. The lowest BCUT2D eigenvalue weighted by Crippen LogP contribution is -2.55. The number of rotatable bonds is 2. The number of benzene rings is 1. The second-order valence-electron chi connectivity index (χ2n) is 5.57. The summed E-state index contributed by atoms with van der Waals surface area (Å²) < 4.78 is 0.708. The van der Waals surface area contributed by atoms with E-state index in [0.717, 1.165) is 0 Å². The molecule has 1 amide bonds. The van der Waals surface area contributed by atoms with Gasteiger partial charge in [-0.05, 0) is 48.0 Å². The van der Waals surface area contributed by atoms with Gasteiger partial charge < -0.3 is 4.90 Å². The lowest BCUT2D eigenvalue weighted by molar-refractivity contribution is 0.0520. The Labute approximate surface area is 138 Å². The average molecular weight is 371 g/mol. The van der Waals surface area contributed by atoms with Gasteiger partial charge in [0, 0.05) is 35.7 Å². The molecule has 0 N–H and O–H groups in total. The number of hydrogen-bond donors (Lipinski definition) is 0. The van der Waals surface area contributed by atoms with Crippen LogP contribution in [0, 0.1) is 11.3 Å². The smallest absolute Gasteiger partial charge is 0.255 e. The van der Waals surface area contributed by atoms with Gasteiger partial charge in [0.2, 0.25) is 0 Å². The normalized spacial score (nSPS) is 16.6. The van der Waals surface area contributed by atoms with Crippen molar-refractivity contribution in [1.82, 2.24) is 9.80 Å². The molecule has 1 fully saturated rings. The summed E-state index contributed by atoms with van der Waals surface area (Å²) in [5, 5.41) is 9.77. The highest BCUT2D eigenvalue weighted by molar-refractivity contribution is 9.10. The molecule has 2 rings (SSSR count). The van der Waals surface area contributed by atoms with E-state index in [1.54, 1.807) is 18.2 Å². The van der Waals surface area contributed by atoms with Crippen LogP contribution in [0.25, 0.3) is 0 Å². The van der Waals surface area contributed by atoms with Gasteiger partial charge in [0.05, 0.1) is 11.6 Å². The summed E-state index contributed by atoms with van der Waals surface area (Å²) in [6.07, 6.45) is 0. The highest BCUT2D eigenvalue weighted by Gasteiger charge is 2.31. The summed E-state index contributed by atoms with van der Waals surface area (Å²) in [4.78, 5) is 16.4. The Morgan fingerprint density at radius 1 is 1.33 bits per heavy atom. The Bertz CT molecular complexity index is 589. The zero-order valence-corrected chi connectivity index (χ0v) is 14.4. The van der Waals surface area contributed by atoms with Crippen molar-refractivity contribution < 1.29 is 4.79 Å². The maximum absolute atomic E-state index is 12.5. The van der Waals surface area contributed by atoms with Crippen LogP contribution >= 0.6 is 27.5 Å². The lowest BCUT2D eigenvalue weighted by Gasteiger charge is -2.40. The molecule has 0 saturated carbocycles. The number of nitriles is 1. The molecular formula is C15H17BrClN3O. The van der Waals surface area contributed by atoms with Gasteiger partial charge in [0.15, 0.2) is 0 Å². The molecule has 0 unspecified atom stereocenters. The number of halogens is 2. The fourth-order valence-electron chi connectivity index (χ4n) is 2.37. The molecule has 1 aliphatic heterocycles. The number of hydrogen-bond acceptors (Lipinski definition) is 3. The number of carbonyl (C=O) groups is 1. The highest BCUT2D eigenvalue weighted by atomic mass is 79.9. The van der Waals surface area contributed by atoms with Crippen LogP contribution in [0.3, 0.4) is 0 Å². The van der Waals surface area contributed by atoms with Gasteiger partial charge in [0.25, 0.3) is 5.91 Å². The highest BCUT2D eigenvalue weighted by Crippen LogP contribution is 2.24. The van der Waals surface area contributed by atoms with Crippen LogP contribution in [0.4, 0.5) is 0 Å². The van der Waals surface area contributed by atoms with Crippen molar-refractivity contribution >= 4 is 33.4 Å². The van der Waals surface area contributed by atoms with E-state index in [2.05, 4.69) is 26.9 Å². The first-order valence-electron chi connectivity index (χ1n) is 6.76. The molecule has 0 aromatic heterocycles. The molecule has 1 aromatic rings. The van der Waals surface area contributed by atoms with Crippen molar-refractivity contribution in [2.24, 2.45) is 0 Å². The molecule has 0 aliphatic carbocycles. The number of carbonyl (C=O) groups excluding carboxylic acids is 1. The first-order valence-corrected chi connectivity index (χ1v) is 7.93. The molecule has 0 radical (unpaired) electrons. The maximum Gasteiger partial charge on any atom is 0.255 e. The number of piperazine rings is 1. The molecule has 1 aromatic carbocycles. The molecule has 0 atom stereocenters. The van der Waals surface area contributed by atoms with Crippen LogP contribution in [0.5, 0.6) is 0 Å². The minimum absolute atomic E-state index is 0.00652. The lowest BCUT2D eigenvalue weighted by atomic mass is 10.0. The van der Waals surface area contributed by atoms with Crippen LogP contribution in [0.15, 0.2) is 22.7 Å². The largest absolute Gasteiger partial charge is 0.336 e. The van der Waals surface area contributed by atoms with E-state index >= 15 is 0 Å². The van der Waals surface area contributed by atoms with Crippen LogP contribution in [-0.2, 0) is 0 Å². The summed E-state index contributed by atoms with van der Waals surface area (Å²) in [7, 11) is 0. The van der Waals surface area contributed by atoms with Crippen LogP contribution in [-0.4, -0.2) is 47.4 Å². The Morgan fingerprint density at radius 2 is 1.95 bits per heavy atom. The van der Waals surface area contributed by atoms with E-state index in [1.165, 1.54) is 0 Å². The molecule has 21 heavy (non-hydrogen) atoms. The summed E-state index contributed by atoms with van der Waals surface area (Å²) in [5.41, 5.74) is 0.128. The molecular weight excluding hydrogens is 354 g/mol. The van der Waals surface area contributed by atoms with Gasteiger partial charge in [-0.1, -0.05) is 11.6 Å². The molecule has 0 spiro atoms. The fourth-order valence-corrected chi connectivity index (χ4v) is 3.22. The molecule has 4 nitrogen and oxygen atoms in total. The Hall–Kier alpha value is -1.09. The predicted molar refractivity (Wildman–Crippen MR) is 86.3 cm³/mol. The van der Waals surface area contributed by atoms with Crippen molar-refractivity contribution in [2.75, 3.05) is 26.2 Å². The standard InChI is InChI=1S/C15H17BrClN3O/c1-15(2,10-18)20-7-5-19(6-8-20)14(21)12-4-3-11(17)9-13(12)16/h3-4,9H,5-8H2,1-2H3. The third-order valence-corrected chi connectivity index (χ3v) is 4.68. The Balaban J connectivity index is 2.06. The van der Waals surface area contributed by atoms with E-state index in [-0.39, 0.29) is 5.91 Å². The monoisotopic (exact) mass is 369 g/mol. The van der Waals surface area contributed by atoms with Gasteiger partial charge in [-0.25, -0.2) is 0 Å². The second-order valence-corrected chi connectivity index (χ2v) is 6.87. The van der Waals surface area contributed by atoms with Crippen molar-refractivity contribution in [3.63, 3.8) is 0 Å². The van der Waals surface area contributed by atoms with Gasteiger partial charge in [0.1, 0.15) is 5.54 Å². The van der Waals surface area contributed by atoms with E-state index in [9.17, 15) is 10.1 Å². The van der Waals surface area contributed by atoms with Gasteiger partial charge in [-0.2, -0.15) is 5.26 Å². The van der Waals surface area contributed by atoms with Crippen molar-refractivity contribution in [2.45, 2.75) is 19.4 Å². The summed E-state index contributed by atoms with van der Waals surface area (Å²) in [6.45, 7) is 6.47. The van der Waals surface area contributed by atoms with E-state index < -0.39 is 5.54 Å².